The molecule has 1 aliphatic rings. The monoisotopic (exact) mass is 460 g/mol. The molecule has 2 aromatic rings. The first-order valence-corrected chi connectivity index (χ1v) is 11.9. The van der Waals surface area contributed by atoms with Crippen molar-refractivity contribution in [1.29, 1.82) is 0 Å². The van der Waals surface area contributed by atoms with E-state index in [1.54, 1.807) is 25.1 Å². The molecule has 0 aliphatic carbocycles. The zero-order valence-corrected chi connectivity index (χ0v) is 19.0. The topological polar surface area (TPSA) is 119 Å². The highest BCUT2D eigenvalue weighted by atomic mass is 32.2. The van der Waals surface area contributed by atoms with Crippen molar-refractivity contribution in [3.63, 3.8) is 0 Å². The second-order valence-electron chi connectivity index (χ2n) is 7.37. The second-order valence-corrected chi connectivity index (χ2v) is 9.56. The molecule has 0 spiro atoms. The minimum atomic E-state index is -3.58. The van der Waals surface area contributed by atoms with Crippen molar-refractivity contribution in [3.05, 3.63) is 53.1 Å². The van der Waals surface area contributed by atoms with E-state index in [9.17, 15) is 22.8 Å². The van der Waals surface area contributed by atoms with Crippen LogP contribution in [0, 0.1) is 0 Å². The largest absolute Gasteiger partial charge is 0.493 e. The molecule has 0 saturated carbocycles. The van der Waals surface area contributed by atoms with E-state index in [-0.39, 0.29) is 17.0 Å². The Morgan fingerprint density at radius 2 is 1.75 bits per heavy atom. The summed E-state index contributed by atoms with van der Waals surface area (Å²) in [5, 5.41) is 2.57. The number of sulfone groups is 1. The quantitative estimate of drug-likeness (QED) is 0.601. The fraction of sp³-hybridized carbons (Fsp3) is 0.318. The number of hydrogen-bond acceptors (Lipinski definition) is 7. The SMILES string of the molecule is CCOc1cc([C@H](CS(C)(=O)=O)N2C(=O)c3ccc(NC(C)=O)cc3C2=O)ccc1OC. The number of anilines is 1. The van der Waals surface area contributed by atoms with E-state index in [1.807, 2.05) is 0 Å². The second kappa shape index (κ2) is 8.99. The number of imide groups is 1. The van der Waals surface area contributed by atoms with Crippen LogP contribution in [0.5, 0.6) is 11.5 Å². The van der Waals surface area contributed by atoms with Gasteiger partial charge in [0.15, 0.2) is 11.5 Å². The van der Waals surface area contributed by atoms with Crippen molar-refractivity contribution in [2.75, 3.05) is 31.0 Å². The Morgan fingerprint density at radius 1 is 1.06 bits per heavy atom. The predicted molar refractivity (Wildman–Crippen MR) is 118 cm³/mol. The summed E-state index contributed by atoms with van der Waals surface area (Å²) in [7, 11) is -2.11. The van der Waals surface area contributed by atoms with Crippen LogP contribution in [0.4, 0.5) is 5.69 Å². The lowest BCUT2D eigenvalue weighted by Gasteiger charge is -2.26. The smallest absolute Gasteiger partial charge is 0.262 e. The third-order valence-electron chi connectivity index (χ3n) is 4.88. The van der Waals surface area contributed by atoms with Gasteiger partial charge in [-0.3, -0.25) is 19.3 Å². The van der Waals surface area contributed by atoms with Crippen molar-refractivity contribution in [1.82, 2.24) is 4.90 Å². The molecule has 3 amide bonds. The van der Waals surface area contributed by atoms with Crippen LogP contribution in [-0.4, -0.2) is 56.8 Å². The summed E-state index contributed by atoms with van der Waals surface area (Å²) in [5.74, 6) is -1.22. The Labute approximate surface area is 186 Å². The molecule has 2 aromatic carbocycles. The first-order valence-electron chi connectivity index (χ1n) is 9.83. The van der Waals surface area contributed by atoms with Crippen molar-refractivity contribution < 1.29 is 32.3 Å². The van der Waals surface area contributed by atoms with Crippen LogP contribution in [0.3, 0.4) is 0 Å². The third kappa shape index (κ3) is 4.75. The fourth-order valence-electron chi connectivity index (χ4n) is 3.60. The maximum Gasteiger partial charge on any atom is 0.262 e. The summed E-state index contributed by atoms with van der Waals surface area (Å²) in [6.45, 7) is 3.46. The average molecular weight is 461 g/mol. The number of carbonyl (C=O) groups is 3. The van der Waals surface area contributed by atoms with Gasteiger partial charge in [-0.15, -0.1) is 0 Å². The predicted octanol–water partition coefficient (Wildman–Crippen LogP) is 2.43. The molecule has 0 saturated heterocycles. The molecule has 1 heterocycles. The molecule has 0 radical (unpaired) electrons. The summed E-state index contributed by atoms with van der Waals surface area (Å²) in [6.07, 6.45) is 1.04. The highest BCUT2D eigenvalue weighted by Gasteiger charge is 2.42. The minimum Gasteiger partial charge on any atom is -0.493 e. The lowest BCUT2D eigenvalue weighted by molar-refractivity contribution is -0.114. The van der Waals surface area contributed by atoms with Crippen LogP contribution < -0.4 is 14.8 Å². The normalized spacial score (nSPS) is 14.2. The Balaban J connectivity index is 2.08. The number of amides is 3. The van der Waals surface area contributed by atoms with E-state index in [0.717, 1.165) is 11.2 Å². The highest BCUT2D eigenvalue weighted by Crippen LogP contribution is 2.37. The number of nitrogens with zero attached hydrogens (tertiary/aromatic N) is 1. The van der Waals surface area contributed by atoms with Gasteiger partial charge in [-0.2, -0.15) is 0 Å². The molecule has 0 aromatic heterocycles. The average Bonchev–Trinajstić information content (AvgIpc) is 2.95. The van der Waals surface area contributed by atoms with Gasteiger partial charge >= 0.3 is 0 Å². The van der Waals surface area contributed by atoms with E-state index in [1.165, 1.54) is 32.2 Å². The van der Waals surface area contributed by atoms with Crippen LogP contribution >= 0.6 is 0 Å². The fourth-order valence-corrected chi connectivity index (χ4v) is 4.51. The van der Waals surface area contributed by atoms with Crippen molar-refractivity contribution >= 4 is 33.2 Å². The van der Waals surface area contributed by atoms with E-state index in [2.05, 4.69) is 5.32 Å². The number of carbonyl (C=O) groups excluding carboxylic acids is 3. The molecule has 3 rings (SSSR count). The zero-order chi connectivity index (χ0) is 23.6. The first kappa shape index (κ1) is 23.3. The molecular weight excluding hydrogens is 436 g/mol. The van der Waals surface area contributed by atoms with Gasteiger partial charge in [0.2, 0.25) is 5.91 Å². The van der Waals surface area contributed by atoms with Crippen LogP contribution in [-0.2, 0) is 14.6 Å². The molecule has 32 heavy (non-hydrogen) atoms. The molecule has 1 aliphatic heterocycles. The number of methoxy groups -OCH3 is 1. The molecule has 0 unspecified atom stereocenters. The van der Waals surface area contributed by atoms with Crippen LogP contribution in [0.15, 0.2) is 36.4 Å². The maximum absolute atomic E-state index is 13.2. The number of hydrogen-bond donors (Lipinski definition) is 1. The van der Waals surface area contributed by atoms with Gasteiger partial charge in [0, 0.05) is 18.9 Å². The van der Waals surface area contributed by atoms with Gasteiger partial charge in [0.25, 0.3) is 11.8 Å². The van der Waals surface area contributed by atoms with Crippen LogP contribution in [0.25, 0.3) is 0 Å². The van der Waals surface area contributed by atoms with E-state index in [0.29, 0.717) is 29.4 Å². The van der Waals surface area contributed by atoms with Gasteiger partial charge < -0.3 is 14.8 Å². The molecule has 9 nitrogen and oxygen atoms in total. The zero-order valence-electron chi connectivity index (χ0n) is 18.2. The third-order valence-corrected chi connectivity index (χ3v) is 5.80. The Morgan fingerprint density at radius 3 is 2.34 bits per heavy atom. The number of fused-ring (bicyclic) bond motifs is 1. The van der Waals surface area contributed by atoms with Crippen molar-refractivity contribution in [2.45, 2.75) is 19.9 Å². The first-order chi connectivity index (χ1) is 15.1. The van der Waals surface area contributed by atoms with Crippen LogP contribution in [0.1, 0.15) is 46.2 Å². The van der Waals surface area contributed by atoms with Crippen LogP contribution in [0.2, 0.25) is 0 Å². The molecule has 170 valence electrons. The maximum atomic E-state index is 13.2. The summed E-state index contributed by atoms with van der Waals surface area (Å²) in [6, 6.07) is 8.07. The molecule has 1 N–H and O–H groups in total. The molecule has 0 fully saturated rings. The van der Waals surface area contributed by atoms with E-state index < -0.39 is 33.4 Å². The number of rotatable bonds is 8. The summed E-state index contributed by atoms with van der Waals surface area (Å²) in [5.41, 5.74) is 1.01. The lowest BCUT2D eigenvalue weighted by atomic mass is 10.1. The Bertz CT molecular complexity index is 1190. The molecule has 10 heteroatoms. The molecular formula is C22H24N2O7S. The number of benzene rings is 2. The summed E-state index contributed by atoms with van der Waals surface area (Å²) >= 11 is 0. The lowest BCUT2D eigenvalue weighted by Crippen LogP contribution is -2.37. The Hall–Kier alpha value is -3.40. The molecule has 1 atom stereocenters. The summed E-state index contributed by atoms with van der Waals surface area (Å²) < 4.78 is 35.3. The van der Waals surface area contributed by atoms with Gasteiger partial charge in [-0.05, 0) is 42.8 Å². The minimum absolute atomic E-state index is 0.0956. The van der Waals surface area contributed by atoms with Gasteiger partial charge in [-0.1, -0.05) is 6.07 Å². The highest BCUT2D eigenvalue weighted by molar-refractivity contribution is 7.90. The standard InChI is InChI=1S/C22H24N2O7S/c1-5-31-20-10-14(6-9-19(20)30-3)18(12-32(4,28)29)24-21(26)16-8-7-15(23-13(2)25)11-17(16)22(24)27/h6-11,18H,5,12H2,1-4H3,(H,23,25)/t18-/m0/s1. The number of ether oxygens (including phenoxy) is 2. The van der Waals surface area contributed by atoms with E-state index >= 15 is 0 Å². The summed E-state index contributed by atoms with van der Waals surface area (Å²) in [4.78, 5) is 38.7. The van der Waals surface area contributed by atoms with Crippen molar-refractivity contribution in [3.8, 4) is 11.5 Å². The van der Waals surface area contributed by atoms with Crippen molar-refractivity contribution in [2.24, 2.45) is 0 Å². The van der Waals surface area contributed by atoms with Gasteiger partial charge in [-0.25, -0.2) is 8.42 Å². The van der Waals surface area contributed by atoms with Gasteiger partial charge in [0.1, 0.15) is 9.84 Å². The number of nitrogens with one attached hydrogen (secondary N) is 1. The van der Waals surface area contributed by atoms with E-state index in [4.69, 9.17) is 9.47 Å². The van der Waals surface area contributed by atoms with Gasteiger partial charge in [0.05, 0.1) is 36.6 Å². The Kier molecular flexibility index (Phi) is 6.54. The molecule has 0 bridgehead atoms.